The molecule has 2 fully saturated rings. The number of nitrogens with zero attached hydrogens (tertiary/aromatic N) is 4. The molecule has 2 aliphatic rings. The topological polar surface area (TPSA) is 57.4 Å². The number of halogens is 1. The van der Waals surface area contributed by atoms with Crippen LogP contribution >= 0.6 is 24.2 Å². The van der Waals surface area contributed by atoms with Gasteiger partial charge in [0.1, 0.15) is 6.04 Å². The molecule has 0 bridgehead atoms. The van der Waals surface area contributed by atoms with E-state index in [1.165, 1.54) is 5.56 Å². The molecule has 1 aromatic heterocycles. The molecule has 1 aromatic carbocycles. The van der Waals surface area contributed by atoms with E-state index >= 15 is 0 Å². The second kappa shape index (κ2) is 9.19. The van der Waals surface area contributed by atoms with Gasteiger partial charge in [-0.15, -0.1) is 12.4 Å². The number of likely N-dealkylation sites (N-methyl/N-ethyl adjacent to an activating group) is 1. The van der Waals surface area contributed by atoms with E-state index in [-0.39, 0.29) is 24.5 Å². The zero-order chi connectivity index (χ0) is 17.1. The molecule has 26 heavy (non-hydrogen) atoms. The molecular formula is C18H26ClN5OS. The summed E-state index contributed by atoms with van der Waals surface area (Å²) in [7, 11) is 2.12. The van der Waals surface area contributed by atoms with Crippen molar-refractivity contribution in [2.75, 3.05) is 51.3 Å². The van der Waals surface area contributed by atoms with Gasteiger partial charge in [0.15, 0.2) is 5.82 Å². The highest BCUT2D eigenvalue weighted by Gasteiger charge is 2.31. The van der Waals surface area contributed by atoms with Gasteiger partial charge < -0.3 is 9.84 Å². The molecule has 2 aromatic rings. The molecule has 0 aliphatic carbocycles. The quantitative estimate of drug-likeness (QED) is 0.851. The van der Waals surface area contributed by atoms with Crippen molar-refractivity contribution in [3.63, 3.8) is 0 Å². The third-order valence-corrected chi connectivity index (χ3v) is 5.97. The third-order valence-electron chi connectivity index (χ3n) is 5.03. The van der Waals surface area contributed by atoms with Gasteiger partial charge in [0.25, 0.3) is 0 Å². The molecule has 2 unspecified atom stereocenters. The van der Waals surface area contributed by atoms with Crippen LogP contribution in [0, 0.1) is 0 Å². The number of thioether (sulfide) groups is 1. The van der Waals surface area contributed by atoms with Gasteiger partial charge in [-0.05, 0) is 12.6 Å². The Labute approximate surface area is 165 Å². The zero-order valence-corrected chi connectivity index (χ0v) is 16.6. The van der Waals surface area contributed by atoms with Gasteiger partial charge in [0, 0.05) is 44.2 Å². The van der Waals surface area contributed by atoms with Crippen LogP contribution in [0.5, 0.6) is 0 Å². The first kappa shape index (κ1) is 19.6. The Kier molecular flexibility index (Phi) is 6.94. The molecule has 2 aliphatic heterocycles. The largest absolute Gasteiger partial charge is 0.337 e. The second-order valence-corrected chi connectivity index (χ2v) is 7.88. The van der Waals surface area contributed by atoms with Crippen LogP contribution in [-0.2, 0) is 0 Å². The highest BCUT2D eigenvalue weighted by molar-refractivity contribution is 7.99. The molecule has 1 N–H and O–H groups in total. The molecule has 2 atom stereocenters. The number of rotatable bonds is 4. The van der Waals surface area contributed by atoms with E-state index in [0.717, 1.165) is 50.1 Å². The average molecular weight is 396 g/mol. The monoisotopic (exact) mass is 395 g/mol. The van der Waals surface area contributed by atoms with Gasteiger partial charge in [0.05, 0.1) is 6.04 Å². The van der Waals surface area contributed by atoms with Crippen LogP contribution in [0.25, 0.3) is 0 Å². The van der Waals surface area contributed by atoms with Crippen LogP contribution in [-0.4, -0.2) is 71.2 Å². The van der Waals surface area contributed by atoms with Gasteiger partial charge in [0.2, 0.25) is 5.89 Å². The van der Waals surface area contributed by atoms with Crippen molar-refractivity contribution in [3.8, 4) is 0 Å². The molecule has 0 amide bonds. The summed E-state index contributed by atoms with van der Waals surface area (Å²) in [5.74, 6) is 3.81. The standard InChI is InChI=1S/C18H25N5OS.ClH/c1-22-8-7-19-13-15(22)17-20-18(24-21-17)16(14-5-3-2-4-6-14)23-9-11-25-12-10-23;/h2-6,15-16,19H,7-13H2,1H3;1H. The molecular weight excluding hydrogens is 370 g/mol. The van der Waals surface area contributed by atoms with Crippen LogP contribution in [0.3, 0.4) is 0 Å². The molecule has 142 valence electrons. The van der Waals surface area contributed by atoms with Gasteiger partial charge >= 0.3 is 0 Å². The Morgan fingerprint density at radius 3 is 2.69 bits per heavy atom. The summed E-state index contributed by atoms with van der Waals surface area (Å²) in [5.41, 5.74) is 1.22. The second-order valence-electron chi connectivity index (χ2n) is 6.65. The first-order chi connectivity index (χ1) is 12.3. The number of benzene rings is 1. The molecule has 0 spiro atoms. The van der Waals surface area contributed by atoms with Crippen molar-refractivity contribution < 1.29 is 4.52 Å². The highest BCUT2D eigenvalue weighted by Crippen LogP contribution is 2.30. The van der Waals surface area contributed by atoms with Gasteiger partial charge in [-0.3, -0.25) is 9.80 Å². The van der Waals surface area contributed by atoms with Crippen LogP contribution < -0.4 is 5.32 Å². The zero-order valence-electron chi connectivity index (χ0n) is 15.0. The fraction of sp³-hybridized carbons (Fsp3) is 0.556. The lowest BCUT2D eigenvalue weighted by Gasteiger charge is -2.32. The number of hydrogen-bond acceptors (Lipinski definition) is 7. The first-order valence-corrected chi connectivity index (χ1v) is 10.1. The summed E-state index contributed by atoms with van der Waals surface area (Å²) in [6, 6.07) is 10.8. The van der Waals surface area contributed by atoms with Gasteiger partial charge in [-0.2, -0.15) is 16.7 Å². The normalized spacial score (nSPS) is 23.3. The summed E-state index contributed by atoms with van der Waals surface area (Å²) in [4.78, 5) is 9.58. The van der Waals surface area contributed by atoms with Crippen LogP contribution in [0.2, 0.25) is 0 Å². The van der Waals surface area contributed by atoms with E-state index in [2.05, 4.69) is 57.7 Å². The van der Waals surface area contributed by atoms with Crippen LogP contribution in [0.4, 0.5) is 0 Å². The van der Waals surface area contributed by atoms with Crippen molar-refractivity contribution >= 4 is 24.2 Å². The summed E-state index contributed by atoms with van der Waals surface area (Å²) in [6.45, 7) is 4.97. The van der Waals surface area contributed by atoms with Crippen molar-refractivity contribution in [1.82, 2.24) is 25.3 Å². The minimum atomic E-state index is 0. The van der Waals surface area contributed by atoms with E-state index in [9.17, 15) is 0 Å². The van der Waals surface area contributed by atoms with Crippen molar-refractivity contribution in [1.29, 1.82) is 0 Å². The van der Waals surface area contributed by atoms with Gasteiger partial charge in [-0.1, -0.05) is 35.5 Å². The molecule has 3 heterocycles. The smallest absolute Gasteiger partial charge is 0.248 e. The number of nitrogens with one attached hydrogen (secondary N) is 1. The van der Waals surface area contributed by atoms with Crippen LogP contribution in [0.1, 0.15) is 29.4 Å². The Balaban J connectivity index is 0.00000196. The lowest BCUT2D eigenvalue weighted by atomic mass is 10.0. The molecule has 8 heteroatoms. The molecule has 6 nitrogen and oxygen atoms in total. The van der Waals surface area contributed by atoms with E-state index in [4.69, 9.17) is 9.51 Å². The molecule has 4 rings (SSSR count). The third kappa shape index (κ3) is 4.23. The minimum Gasteiger partial charge on any atom is -0.337 e. The summed E-state index contributed by atoms with van der Waals surface area (Å²) in [6.07, 6.45) is 0. The van der Waals surface area contributed by atoms with E-state index in [1.807, 2.05) is 11.8 Å². The summed E-state index contributed by atoms with van der Waals surface area (Å²) in [5, 5.41) is 7.75. The average Bonchev–Trinajstić information content (AvgIpc) is 3.13. The molecule has 0 radical (unpaired) electrons. The Bertz CT molecular complexity index is 679. The number of hydrogen-bond donors (Lipinski definition) is 1. The first-order valence-electron chi connectivity index (χ1n) is 8.94. The van der Waals surface area contributed by atoms with E-state index in [1.54, 1.807) is 0 Å². The molecule has 2 saturated heterocycles. The van der Waals surface area contributed by atoms with Crippen molar-refractivity contribution in [3.05, 3.63) is 47.6 Å². The lowest BCUT2D eigenvalue weighted by Crippen LogP contribution is -2.44. The fourth-order valence-electron chi connectivity index (χ4n) is 3.57. The Morgan fingerprint density at radius 1 is 1.19 bits per heavy atom. The highest BCUT2D eigenvalue weighted by atomic mass is 35.5. The maximum absolute atomic E-state index is 5.77. The Hall–Kier alpha value is -1.12. The van der Waals surface area contributed by atoms with Crippen molar-refractivity contribution in [2.24, 2.45) is 0 Å². The predicted octanol–water partition coefficient (Wildman–Crippen LogP) is 2.21. The minimum absolute atomic E-state index is 0. The predicted molar refractivity (Wildman–Crippen MR) is 107 cm³/mol. The summed E-state index contributed by atoms with van der Waals surface area (Å²) < 4.78 is 5.77. The Morgan fingerprint density at radius 2 is 1.96 bits per heavy atom. The number of aromatic nitrogens is 2. The van der Waals surface area contributed by atoms with E-state index in [0.29, 0.717) is 5.89 Å². The van der Waals surface area contributed by atoms with Crippen LogP contribution in [0.15, 0.2) is 34.9 Å². The number of piperazine rings is 1. The van der Waals surface area contributed by atoms with Gasteiger partial charge in [-0.25, -0.2) is 0 Å². The van der Waals surface area contributed by atoms with E-state index < -0.39 is 0 Å². The summed E-state index contributed by atoms with van der Waals surface area (Å²) >= 11 is 2.01. The SMILES string of the molecule is CN1CCNCC1c1noc(C(c2ccccc2)N2CCSCC2)n1.Cl. The molecule has 0 saturated carbocycles. The van der Waals surface area contributed by atoms with Crippen molar-refractivity contribution in [2.45, 2.75) is 12.1 Å². The fourth-order valence-corrected chi connectivity index (χ4v) is 4.50. The lowest BCUT2D eigenvalue weighted by molar-refractivity contribution is 0.188. The maximum atomic E-state index is 5.77. The maximum Gasteiger partial charge on any atom is 0.248 e.